The fraction of sp³-hybridized carbons (Fsp3) is 0.294. The molecule has 0 aliphatic carbocycles. The van der Waals surface area contributed by atoms with E-state index in [9.17, 15) is 13.2 Å². The Balaban J connectivity index is 2.17. The lowest BCUT2D eigenvalue weighted by Crippen LogP contribution is -2.23. The molecular formula is C17H18F3N. The Morgan fingerprint density at radius 3 is 2.33 bits per heavy atom. The van der Waals surface area contributed by atoms with Crippen molar-refractivity contribution in [1.82, 2.24) is 5.32 Å². The number of hydrogen-bond acceptors (Lipinski definition) is 1. The van der Waals surface area contributed by atoms with E-state index in [0.29, 0.717) is 13.0 Å². The summed E-state index contributed by atoms with van der Waals surface area (Å²) < 4.78 is 40.3. The number of rotatable bonds is 6. The lowest BCUT2D eigenvalue weighted by atomic mass is 9.98. The summed E-state index contributed by atoms with van der Waals surface area (Å²) >= 11 is 0. The SMILES string of the molecule is CCNC(CCc1ccccc1)c1ccc(F)c(F)c1F. The highest BCUT2D eigenvalue weighted by Crippen LogP contribution is 2.25. The van der Waals surface area contributed by atoms with E-state index < -0.39 is 17.5 Å². The summed E-state index contributed by atoms with van der Waals surface area (Å²) in [4.78, 5) is 0. The molecule has 1 nitrogen and oxygen atoms in total. The van der Waals surface area contributed by atoms with Gasteiger partial charge in [0.05, 0.1) is 0 Å². The van der Waals surface area contributed by atoms with Crippen molar-refractivity contribution in [2.24, 2.45) is 0 Å². The van der Waals surface area contributed by atoms with Gasteiger partial charge < -0.3 is 5.32 Å². The van der Waals surface area contributed by atoms with Crippen LogP contribution >= 0.6 is 0 Å². The Hall–Kier alpha value is -1.81. The number of hydrogen-bond donors (Lipinski definition) is 1. The van der Waals surface area contributed by atoms with Crippen LogP contribution in [0.15, 0.2) is 42.5 Å². The zero-order chi connectivity index (χ0) is 15.2. The maximum atomic E-state index is 13.9. The molecule has 0 aliphatic heterocycles. The third kappa shape index (κ3) is 3.85. The highest BCUT2D eigenvalue weighted by atomic mass is 19.2. The monoisotopic (exact) mass is 293 g/mol. The van der Waals surface area contributed by atoms with E-state index in [2.05, 4.69) is 5.32 Å². The van der Waals surface area contributed by atoms with Crippen molar-refractivity contribution in [3.63, 3.8) is 0 Å². The minimum absolute atomic E-state index is 0.173. The quantitative estimate of drug-likeness (QED) is 0.779. The summed E-state index contributed by atoms with van der Waals surface area (Å²) in [5.41, 5.74) is 1.30. The predicted molar refractivity (Wildman–Crippen MR) is 77.5 cm³/mol. The molecule has 1 unspecified atom stereocenters. The summed E-state index contributed by atoms with van der Waals surface area (Å²) in [5.74, 6) is -3.67. The molecule has 0 aliphatic rings. The second-order valence-electron chi connectivity index (χ2n) is 4.90. The third-order valence-corrected chi connectivity index (χ3v) is 3.46. The van der Waals surface area contributed by atoms with Crippen LogP contribution in [-0.4, -0.2) is 6.54 Å². The molecule has 2 rings (SSSR count). The van der Waals surface area contributed by atoms with Crippen LogP contribution in [0, 0.1) is 17.5 Å². The molecule has 0 amide bonds. The van der Waals surface area contributed by atoms with Crippen molar-refractivity contribution >= 4 is 0 Å². The van der Waals surface area contributed by atoms with Crippen LogP contribution in [0.25, 0.3) is 0 Å². The van der Waals surface area contributed by atoms with Crippen molar-refractivity contribution in [2.75, 3.05) is 6.54 Å². The highest BCUT2D eigenvalue weighted by molar-refractivity contribution is 5.24. The van der Waals surface area contributed by atoms with Crippen LogP contribution < -0.4 is 5.32 Å². The van der Waals surface area contributed by atoms with Crippen molar-refractivity contribution < 1.29 is 13.2 Å². The zero-order valence-corrected chi connectivity index (χ0v) is 11.9. The van der Waals surface area contributed by atoms with E-state index in [4.69, 9.17) is 0 Å². The van der Waals surface area contributed by atoms with Gasteiger partial charge in [0.1, 0.15) is 0 Å². The second kappa shape index (κ2) is 7.27. The standard InChI is InChI=1S/C17H18F3N/c1-2-21-15(11-8-12-6-4-3-5-7-12)13-9-10-14(18)17(20)16(13)19/h3-7,9-10,15,21H,2,8,11H2,1H3. The number of aryl methyl sites for hydroxylation is 1. The predicted octanol–water partition coefficient (Wildman–Crippen LogP) is 4.39. The molecule has 0 aromatic heterocycles. The molecule has 0 saturated carbocycles. The highest BCUT2D eigenvalue weighted by Gasteiger charge is 2.20. The van der Waals surface area contributed by atoms with Crippen molar-refractivity contribution in [3.8, 4) is 0 Å². The number of nitrogens with one attached hydrogen (secondary N) is 1. The lowest BCUT2D eigenvalue weighted by Gasteiger charge is -2.19. The molecule has 0 spiro atoms. The van der Waals surface area contributed by atoms with Gasteiger partial charge in [-0.25, -0.2) is 13.2 Å². The molecule has 0 fully saturated rings. The van der Waals surface area contributed by atoms with Gasteiger partial charge in [0.15, 0.2) is 17.5 Å². The molecular weight excluding hydrogens is 275 g/mol. The molecule has 2 aromatic carbocycles. The molecule has 0 heterocycles. The molecule has 2 aromatic rings. The summed E-state index contributed by atoms with van der Waals surface area (Å²) in [6.07, 6.45) is 1.34. The molecule has 0 saturated heterocycles. The zero-order valence-electron chi connectivity index (χ0n) is 11.9. The van der Waals surface area contributed by atoms with Gasteiger partial charge >= 0.3 is 0 Å². The van der Waals surface area contributed by atoms with E-state index in [0.717, 1.165) is 18.1 Å². The van der Waals surface area contributed by atoms with Gasteiger partial charge in [-0.1, -0.05) is 43.3 Å². The molecule has 1 N–H and O–H groups in total. The Kier molecular flexibility index (Phi) is 5.39. The first-order valence-electron chi connectivity index (χ1n) is 7.04. The molecule has 0 bridgehead atoms. The van der Waals surface area contributed by atoms with Crippen molar-refractivity contribution in [2.45, 2.75) is 25.8 Å². The van der Waals surface area contributed by atoms with Gasteiger partial charge in [0.2, 0.25) is 0 Å². The topological polar surface area (TPSA) is 12.0 Å². The fourth-order valence-corrected chi connectivity index (χ4v) is 2.38. The molecule has 1 atom stereocenters. The van der Waals surface area contributed by atoms with E-state index >= 15 is 0 Å². The first-order valence-corrected chi connectivity index (χ1v) is 7.04. The molecule has 21 heavy (non-hydrogen) atoms. The molecule has 4 heteroatoms. The first-order chi connectivity index (χ1) is 10.1. The number of benzene rings is 2. The summed E-state index contributed by atoms with van der Waals surface area (Å²) in [7, 11) is 0. The average Bonchev–Trinajstić information content (AvgIpc) is 2.51. The van der Waals surface area contributed by atoms with Crippen molar-refractivity contribution in [3.05, 3.63) is 71.0 Å². The Bertz CT molecular complexity index is 584. The largest absolute Gasteiger partial charge is 0.310 e. The van der Waals surface area contributed by atoms with E-state index in [-0.39, 0.29) is 11.6 Å². The van der Waals surface area contributed by atoms with Gasteiger partial charge in [-0.3, -0.25) is 0 Å². The summed E-state index contributed by atoms with van der Waals surface area (Å²) in [5, 5.41) is 3.13. The fourth-order valence-electron chi connectivity index (χ4n) is 2.38. The summed E-state index contributed by atoms with van der Waals surface area (Å²) in [6.45, 7) is 2.52. The van der Waals surface area contributed by atoms with E-state index in [1.165, 1.54) is 6.07 Å². The van der Waals surface area contributed by atoms with E-state index in [1.54, 1.807) is 0 Å². The average molecular weight is 293 g/mol. The maximum Gasteiger partial charge on any atom is 0.194 e. The number of halogens is 3. The van der Waals surface area contributed by atoms with Crippen LogP contribution in [0.3, 0.4) is 0 Å². The smallest absolute Gasteiger partial charge is 0.194 e. The Morgan fingerprint density at radius 1 is 0.952 bits per heavy atom. The van der Waals surface area contributed by atoms with Crippen LogP contribution in [0.2, 0.25) is 0 Å². The van der Waals surface area contributed by atoms with Crippen LogP contribution in [0.5, 0.6) is 0 Å². The first kappa shape index (κ1) is 15.6. The molecule has 112 valence electrons. The maximum absolute atomic E-state index is 13.9. The van der Waals surface area contributed by atoms with Gasteiger partial charge in [0.25, 0.3) is 0 Å². The van der Waals surface area contributed by atoms with Gasteiger partial charge in [-0.15, -0.1) is 0 Å². The normalized spacial score (nSPS) is 12.4. The Morgan fingerprint density at radius 2 is 1.67 bits per heavy atom. The van der Waals surface area contributed by atoms with Gasteiger partial charge in [-0.2, -0.15) is 0 Å². The minimum Gasteiger partial charge on any atom is -0.310 e. The van der Waals surface area contributed by atoms with E-state index in [1.807, 2.05) is 37.3 Å². The van der Waals surface area contributed by atoms with Crippen LogP contribution in [-0.2, 0) is 6.42 Å². The van der Waals surface area contributed by atoms with Crippen molar-refractivity contribution in [1.29, 1.82) is 0 Å². The van der Waals surface area contributed by atoms with Gasteiger partial charge in [-0.05, 0) is 31.0 Å². The van der Waals surface area contributed by atoms with Crippen LogP contribution in [0.1, 0.15) is 30.5 Å². The van der Waals surface area contributed by atoms with Crippen LogP contribution in [0.4, 0.5) is 13.2 Å². The summed E-state index contributed by atoms with van der Waals surface area (Å²) in [6, 6.07) is 11.7. The molecule has 0 radical (unpaired) electrons. The second-order valence-corrected chi connectivity index (χ2v) is 4.90. The Labute approximate surface area is 122 Å². The lowest BCUT2D eigenvalue weighted by molar-refractivity contribution is 0.419. The minimum atomic E-state index is -1.41. The van der Waals surface area contributed by atoms with Gasteiger partial charge in [0, 0.05) is 11.6 Å². The third-order valence-electron chi connectivity index (χ3n) is 3.46.